The van der Waals surface area contributed by atoms with E-state index >= 15 is 0 Å². The maximum Gasteiger partial charge on any atom is 0.326 e. The summed E-state index contributed by atoms with van der Waals surface area (Å²) in [6.45, 7) is 1.05. The minimum absolute atomic E-state index is 0.0707. The number of nitrogens with one attached hydrogen (secondary N) is 3. The lowest BCUT2D eigenvalue weighted by Crippen LogP contribution is -2.47. The van der Waals surface area contributed by atoms with Gasteiger partial charge in [0.2, 0.25) is 5.91 Å². The fourth-order valence-electron chi connectivity index (χ4n) is 2.82. The van der Waals surface area contributed by atoms with E-state index in [1.54, 1.807) is 6.92 Å². The number of carbonyl (C=O) groups is 4. The molecule has 3 rings (SSSR count). The highest BCUT2D eigenvalue weighted by atomic mass is 19.1. The number of rotatable bonds is 4. The van der Waals surface area contributed by atoms with Crippen LogP contribution in [0.25, 0.3) is 0 Å². The third-order valence-electron chi connectivity index (χ3n) is 4.37. The third-order valence-corrected chi connectivity index (χ3v) is 4.37. The first-order valence-electron chi connectivity index (χ1n) is 7.80. The Hall–Kier alpha value is -2.97. The van der Waals surface area contributed by atoms with Crippen LogP contribution in [0.5, 0.6) is 0 Å². The number of hydrogen-bond acceptors (Lipinski definition) is 4. The van der Waals surface area contributed by atoms with Crippen LogP contribution in [0.4, 0.5) is 19.7 Å². The quantitative estimate of drug-likeness (QED) is 0.711. The van der Waals surface area contributed by atoms with Gasteiger partial charge in [-0.1, -0.05) is 12.1 Å². The predicted molar refractivity (Wildman–Crippen MR) is 84.9 cm³/mol. The minimum atomic E-state index is -0.993. The van der Waals surface area contributed by atoms with Crippen molar-refractivity contribution in [3.05, 3.63) is 30.1 Å². The van der Waals surface area contributed by atoms with Crippen molar-refractivity contribution in [3.8, 4) is 0 Å². The summed E-state index contributed by atoms with van der Waals surface area (Å²) in [7, 11) is 0. The number of anilines is 1. The number of hydrogen-bond donors (Lipinski definition) is 3. The molecule has 6 amide bonds. The Morgan fingerprint density at radius 1 is 1.32 bits per heavy atom. The summed E-state index contributed by atoms with van der Waals surface area (Å²) >= 11 is 0. The molecule has 132 valence electrons. The number of amides is 6. The first-order valence-corrected chi connectivity index (χ1v) is 7.80. The molecule has 1 aromatic rings. The van der Waals surface area contributed by atoms with Crippen molar-refractivity contribution < 1.29 is 23.6 Å². The van der Waals surface area contributed by atoms with Gasteiger partial charge in [0.05, 0.1) is 5.69 Å². The van der Waals surface area contributed by atoms with Crippen LogP contribution in [0.2, 0.25) is 0 Å². The second kappa shape index (κ2) is 6.15. The Labute approximate surface area is 142 Å². The lowest BCUT2D eigenvalue weighted by molar-refractivity contribution is -0.134. The Kier molecular flexibility index (Phi) is 4.15. The van der Waals surface area contributed by atoms with E-state index in [4.69, 9.17) is 0 Å². The summed E-state index contributed by atoms with van der Waals surface area (Å²) in [6.07, 6.45) is 1.68. The van der Waals surface area contributed by atoms with Crippen molar-refractivity contribution in [2.24, 2.45) is 5.92 Å². The molecular weight excluding hydrogens is 331 g/mol. The van der Waals surface area contributed by atoms with Crippen LogP contribution < -0.4 is 16.0 Å². The normalized spacial score (nSPS) is 22.6. The summed E-state index contributed by atoms with van der Waals surface area (Å²) in [4.78, 5) is 48.8. The smallest absolute Gasteiger partial charge is 0.323 e. The molecule has 1 heterocycles. The van der Waals surface area contributed by atoms with E-state index in [9.17, 15) is 23.6 Å². The van der Waals surface area contributed by atoms with E-state index in [1.165, 1.54) is 18.2 Å². The Balaban J connectivity index is 1.57. The summed E-state index contributed by atoms with van der Waals surface area (Å²) in [5.74, 6) is -1.91. The van der Waals surface area contributed by atoms with Crippen LogP contribution in [0.1, 0.15) is 19.8 Å². The van der Waals surface area contributed by atoms with E-state index in [1.807, 2.05) is 5.32 Å². The fourth-order valence-corrected chi connectivity index (χ4v) is 2.82. The van der Waals surface area contributed by atoms with Gasteiger partial charge in [0.1, 0.15) is 17.9 Å². The highest BCUT2D eigenvalue weighted by Gasteiger charge is 2.56. The molecule has 0 aromatic heterocycles. The third kappa shape index (κ3) is 3.30. The van der Waals surface area contributed by atoms with Crippen molar-refractivity contribution in [1.29, 1.82) is 0 Å². The van der Waals surface area contributed by atoms with Gasteiger partial charge in [0.25, 0.3) is 5.91 Å². The van der Waals surface area contributed by atoms with Gasteiger partial charge in [-0.3, -0.25) is 19.8 Å². The van der Waals surface area contributed by atoms with Crippen molar-refractivity contribution in [1.82, 2.24) is 15.5 Å². The standard InChI is InChI=1S/C16H17FN4O4/c1-16(9-6-7-9)13(23)21(15(25)20-16)8-12(22)19-14(24)18-11-5-3-2-4-10(11)17/h2-5,9H,6-8H2,1H3,(H,20,25)(H2,18,19,22,24). The Bertz CT molecular complexity index is 764. The number of imide groups is 2. The SMILES string of the molecule is CC1(C2CC2)NC(=O)N(CC(=O)NC(=O)Nc2ccccc2F)C1=O. The first kappa shape index (κ1) is 16.9. The first-order chi connectivity index (χ1) is 11.8. The second-order valence-electron chi connectivity index (χ2n) is 6.28. The predicted octanol–water partition coefficient (Wildman–Crippen LogP) is 1.19. The molecule has 2 aliphatic rings. The summed E-state index contributed by atoms with van der Waals surface area (Å²) in [5.41, 5.74) is -1.09. The monoisotopic (exact) mass is 348 g/mol. The van der Waals surface area contributed by atoms with E-state index in [2.05, 4.69) is 10.6 Å². The minimum Gasteiger partial charge on any atom is -0.323 e. The number of benzene rings is 1. The zero-order valence-electron chi connectivity index (χ0n) is 13.5. The molecule has 1 unspecified atom stereocenters. The molecule has 25 heavy (non-hydrogen) atoms. The molecule has 1 saturated heterocycles. The van der Waals surface area contributed by atoms with Crippen LogP contribution in [0.15, 0.2) is 24.3 Å². The van der Waals surface area contributed by atoms with Crippen molar-refractivity contribution in [3.63, 3.8) is 0 Å². The molecule has 1 aliphatic heterocycles. The molecule has 1 aliphatic carbocycles. The number of halogens is 1. The number of nitrogens with zero attached hydrogens (tertiary/aromatic N) is 1. The van der Waals surface area contributed by atoms with Gasteiger partial charge in [-0.25, -0.2) is 14.0 Å². The molecule has 1 aromatic carbocycles. The molecule has 1 saturated carbocycles. The molecule has 0 bridgehead atoms. The maximum atomic E-state index is 13.5. The maximum absolute atomic E-state index is 13.5. The van der Waals surface area contributed by atoms with Gasteiger partial charge in [0.15, 0.2) is 0 Å². The van der Waals surface area contributed by atoms with Gasteiger partial charge < -0.3 is 10.6 Å². The zero-order valence-corrected chi connectivity index (χ0v) is 13.5. The molecular formula is C16H17FN4O4. The molecule has 8 nitrogen and oxygen atoms in total. The average molecular weight is 348 g/mol. The molecule has 1 atom stereocenters. The van der Waals surface area contributed by atoms with Crippen LogP contribution in [0, 0.1) is 11.7 Å². The van der Waals surface area contributed by atoms with Gasteiger partial charge in [0, 0.05) is 0 Å². The molecule has 2 fully saturated rings. The second-order valence-corrected chi connectivity index (χ2v) is 6.28. The van der Waals surface area contributed by atoms with E-state index in [-0.39, 0.29) is 11.6 Å². The molecule has 9 heteroatoms. The highest BCUT2D eigenvalue weighted by molar-refractivity contribution is 6.10. The highest BCUT2D eigenvalue weighted by Crippen LogP contribution is 2.42. The zero-order chi connectivity index (χ0) is 18.2. The lowest BCUT2D eigenvalue weighted by atomic mass is 9.96. The number of para-hydroxylation sites is 1. The van der Waals surface area contributed by atoms with Gasteiger partial charge in [-0.2, -0.15) is 0 Å². The summed E-state index contributed by atoms with van der Waals surface area (Å²) < 4.78 is 13.5. The molecule has 0 radical (unpaired) electrons. The average Bonchev–Trinajstić information content (AvgIpc) is 3.36. The molecule has 3 N–H and O–H groups in total. The van der Waals surface area contributed by atoms with E-state index < -0.39 is 41.8 Å². The number of urea groups is 2. The Morgan fingerprint density at radius 3 is 2.64 bits per heavy atom. The van der Waals surface area contributed by atoms with Gasteiger partial charge in [-0.15, -0.1) is 0 Å². The summed E-state index contributed by atoms with van der Waals surface area (Å²) in [5, 5.41) is 6.75. The van der Waals surface area contributed by atoms with Gasteiger partial charge in [-0.05, 0) is 37.8 Å². The fraction of sp³-hybridized carbons (Fsp3) is 0.375. The lowest BCUT2D eigenvalue weighted by Gasteiger charge is -2.20. The van der Waals surface area contributed by atoms with Crippen molar-refractivity contribution >= 4 is 29.6 Å². The summed E-state index contributed by atoms with van der Waals surface area (Å²) in [6, 6.07) is 3.85. The van der Waals surface area contributed by atoms with Gasteiger partial charge >= 0.3 is 12.1 Å². The van der Waals surface area contributed by atoms with Crippen LogP contribution in [0.3, 0.4) is 0 Å². The topological polar surface area (TPSA) is 108 Å². The largest absolute Gasteiger partial charge is 0.326 e. The van der Waals surface area contributed by atoms with Crippen LogP contribution in [-0.2, 0) is 9.59 Å². The number of carbonyl (C=O) groups excluding carboxylic acids is 4. The van der Waals surface area contributed by atoms with Crippen LogP contribution in [-0.4, -0.2) is 40.9 Å². The van der Waals surface area contributed by atoms with Crippen LogP contribution >= 0.6 is 0 Å². The van der Waals surface area contributed by atoms with E-state index in [0.29, 0.717) is 0 Å². The Morgan fingerprint density at radius 2 is 2.00 bits per heavy atom. The van der Waals surface area contributed by atoms with Crippen molar-refractivity contribution in [2.45, 2.75) is 25.3 Å². The van der Waals surface area contributed by atoms with Crippen molar-refractivity contribution in [2.75, 3.05) is 11.9 Å². The van der Waals surface area contributed by atoms with E-state index in [0.717, 1.165) is 23.8 Å². The molecule has 0 spiro atoms.